The minimum absolute atomic E-state index is 0.264. The molecular weight excluding hydrogens is 421 g/mol. The van der Waals surface area contributed by atoms with Crippen molar-refractivity contribution >= 4 is 55.1 Å². The van der Waals surface area contributed by atoms with E-state index in [1.807, 2.05) is 13.0 Å². The summed E-state index contributed by atoms with van der Waals surface area (Å²) in [4.78, 5) is 0.264. The summed E-state index contributed by atoms with van der Waals surface area (Å²) in [5.41, 5.74) is 1.60. The third kappa shape index (κ3) is 2.47. The zero-order valence-corrected chi connectivity index (χ0v) is 14.8. The molecule has 0 N–H and O–H groups in total. The Kier molecular flexibility index (Phi) is 3.75. The van der Waals surface area contributed by atoms with E-state index in [0.717, 1.165) is 14.5 Å². The molecule has 0 bridgehead atoms. The third-order valence-corrected chi connectivity index (χ3v) is 6.63. The van der Waals surface area contributed by atoms with E-state index in [1.165, 1.54) is 3.97 Å². The molecule has 0 atom stereocenters. The SMILES string of the molecule is Cc1ccc(S(=O)(=O)n2ccc3c(Cl)c(I)ccc32)cc1. The first-order valence-electron chi connectivity index (χ1n) is 6.18. The van der Waals surface area contributed by atoms with E-state index in [0.29, 0.717) is 10.5 Å². The molecule has 0 aliphatic carbocycles. The molecule has 1 heterocycles. The monoisotopic (exact) mass is 431 g/mol. The van der Waals surface area contributed by atoms with Crippen molar-refractivity contribution in [3.05, 3.63) is 62.8 Å². The minimum Gasteiger partial charge on any atom is -0.241 e. The van der Waals surface area contributed by atoms with Crippen LogP contribution in [0.25, 0.3) is 10.9 Å². The molecule has 6 heteroatoms. The third-order valence-electron chi connectivity index (χ3n) is 3.30. The number of aryl methyl sites for hydroxylation is 1. The van der Waals surface area contributed by atoms with E-state index in [1.54, 1.807) is 42.6 Å². The van der Waals surface area contributed by atoms with E-state index >= 15 is 0 Å². The number of fused-ring (bicyclic) bond motifs is 1. The van der Waals surface area contributed by atoms with Crippen LogP contribution in [0.15, 0.2) is 53.6 Å². The van der Waals surface area contributed by atoms with Crippen LogP contribution >= 0.6 is 34.2 Å². The fourth-order valence-corrected chi connectivity index (χ4v) is 4.20. The van der Waals surface area contributed by atoms with E-state index < -0.39 is 10.0 Å². The van der Waals surface area contributed by atoms with Gasteiger partial charge in [-0.25, -0.2) is 12.4 Å². The van der Waals surface area contributed by atoms with Crippen LogP contribution in [0.1, 0.15) is 5.56 Å². The molecule has 0 unspecified atom stereocenters. The molecule has 0 saturated carbocycles. The quantitative estimate of drug-likeness (QED) is 0.563. The Morgan fingerprint density at radius 2 is 1.71 bits per heavy atom. The zero-order chi connectivity index (χ0) is 15.2. The molecule has 108 valence electrons. The first-order valence-corrected chi connectivity index (χ1v) is 9.08. The molecule has 0 aliphatic rings. The van der Waals surface area contributed by atoms with Gasteiger partial charge in [-0.3, -0.25) is 0 Å². The molecule has 3 aromatic rings. The van der Waals surface area contributed by atoms with Gasteiger partial charge in [-0.1, -0.05) is 29.3 Å². The van der Waals surface area contributed by atoms with Crippen LogP contribution in [0.4, 0.5) is 0 Å². The van der Waals surface area contributed by atoms with Gasteiger partial charge in [0, 0.05) is 15.2 Å². The number of hydrogen-bond acceptors (Lipinski definition) is 2. The van der Waals surface area contributed by atoms with Crippen molar-refractivity contribution in [2.45, 2.75) is 11.8 Å². The van der Waals surface area contributed by atoms with Crippen molar-refractivity contribution in [1.82, 2.24) is 3.97 Å². The Hall–Kier alpha value is -1.05. The summed E-state index contributed by atoms with van der Waals surface area (Å²) in [6.45, 7) is 1.92. The molecule has 0 saturated heterocycles. The molecule has 0 amide bonds. The maximum Gasteiger partial charge on any atom is 0.268 e. The lowest BCUT2D eigenvalue weighted by atomic mass is 10.2. The fraction of sp³-hybridized carbons (Fsp3) is 0.0667. The van der Waals surface area contributed by atoms with Gasteiger partial charge in [0.1, 0.15) is 0 Å². The number of rotatable bonds is 2. The van der Waals surface area contributed by atoms with E-state index in [2.05, 4.69) is 22.6 Å². The largest absolute Gasteiger partial charge is 0.268 e. The van der Waals surface area contributed by atoms with Crippen LogP contribution in [-0.2, 0) is 10.0 Å². The average molecular weight is 432 g/mol. The van der Waals surface area contributed by atoms with Crippen LogP contribution in [0.3, 0.4) is 0 Å². The van der Waals surface area contributed by atoms with Crippen molar-refractivity contribution < 1.29 is 8.42 Å². The maximum atomic E-state index is 12.7. The van der Waals surface area contributed by atoms with Crippen LogP contribution in [0.2, 0.25) is 5.02 Å². The van der Waals surface area contributed by atoms with E-state index in [4.69, 9.17) is 11.6 Å². The van der Waals surface area contributed by atoms with E-state index in [9.17, 15) is 8.42 Å². The lowest BCUT2D eigenvalue weighted by Gasteiger charge is -2.08. The van der Waals surface area contributed by atoms with Gasteiger partial charge in [-0.15, -0.1) is 0 Å². The second kappa shape index (κ2) is 5.30. The summed E-state index contributed by atoms with van der Waals surface area (Å²) >= 11 is 8.37. The number of nitrogens with zero attached hydrogens (tertiary/aromatic N) is 1. The van der Waals surface area contributed by atoms with Gasteiger partial charge in [0.25, 0.3) is 10.0 Å². The smallest absolute Gasteiger partial charge is 0.241 e. The lowest BCUT2D eigenvalue weighted by Crippen LogP contribution is -2.11. The van der Waals surface area contributed by atoms with Gasteiger partial charge in [-0.05, 0) is 59.8 Å². The Labute approximate surface area is 141 Å². The van der Waals surface area contributed by atoms with E-state index in [-0.39, 0.29) is 4.90 Å². The van der Waals surface area contributed by atoms with Gasteiger partial charge in [0.05, 0.1) is 15.4 Å². The van der Waals surface area contributed by atoms with Crippen molar-refractivity contribution in [1.29, 1.82) is 0 Å². The highest BCUT2D eigenvalue weighted by atomic mass is 127. The van der Waals surface area contributed by atoms with Gasteiger partial charge in [0.2, 0.25) is 0 Å². The molecule has 21 heavy (non-hydrogen) atoms. The molecule has 3 rings (SSSR count). The maximum absolute atomic E-state index is 12.7. The zero-order valence-electron chi connectivity index (χ0n) is 11.0. The number of aromatic nitrogens is 1. The van der Waals surface area contributed by atoms with Gasteiger partial charge >= 0.3 is 0 Å². The number of benzene rings is 2. The average Bonchev–Trinajstić information content (AvgIpc) is 2.89. The van der Waals surface area contributed by atoms with Crippen LogP contribution in [0.5, 0.6) is 0 Å². The number of hydrogen-bond donors (Lipinski definition) is 0. The molecular formula is C15H11ClINO2S. The van der Waals surface area contributed by atoms with Gasteiger partial charge in [0.15, 0.2) is 0 Å². The summed E-state index contributed by atoms with van der Waals surface area (Å²) in [6, 6.07) is 12.1. The number of halogens is 2. The Morgan fingerprint density at radius 3 is 2.38 bits per heavy atom. The first-order chi connectivity index (χ1) is 9.91. The lowest BCUT2D eigenvalue weighted by molar-refractivity contribution is 0.589. The minimum atomic E-state index is -3.61. The summed E-state index contributed by atoms with van der Waals surface area (Å²) in [7, 11) is -3.61. The highest BCUT2D eigenvalue weighted by molar-refractivity contribution is 14.1. The van der Waals surface area contributed by atoms with Crippen molar-refractivity contribution in [3.63, 3.8) is 0 Å². The standard InChI is InChI=1S/C15H11ClINO2S/c1-10-2-4-11(5-3-10)21(19,20)18-9-8-12-14(18)7-6-13(17)15(12)16/h2-9H,1H3. The molecule has 0 spiro atoms. The Morgan fingerprint density at radius 1 is 1.05 bits per heavy atom. The predicted octanol–water partition coefficient (Wildman–Crippen LogP) is 4.44. The summed E-state index contributed by atoms with van der Waals surface area (Å²) in [6.07, 6.45) is 1.54. The van der Waals surface area contributed by atoms with Gasteiger partial charge < -0.3 is 0 Å². The second-order valence-electron chi connectivity index (χ2n) is 4.72. The van der Waals surface area contributed by atoms with Gasteiger partial charge in [-0.2, -0.15) is 0 Å². The highest BCUT2D eigenvalue weighted by Crippen LogP contribution is 2.31. The van der Waals surface area contributed by atoms with Crippen molar-refractivity contribution in [3.8, 4) is 0 Å². The summed E-state index contributed by atoms with van der Waals surface area (Å²) in [5.74, 6) is 0. The topological polar surface area (TPSA) is 39.1 Å². The Balaban J connectivity index is 2.25. The highest BCUT2D eigenvalue weighted by Gasteiger charge is 2.19. The second-order valence-corrected chi connectivity index (χ2v) is 8.08. The molecule has 0 aliphatic heterocycles. The summed E-state index contributed by atoms with van der Waals surface area (Å²) in [5, 5.41) is 1.31. The molecule has 2 aromatic carbocycles. The summed E-state index contributed by atoms with van der Waals surface area (Å²) < 4.78 is 27.6. The van der Waals surface area contributed by atoms with Crippen LogP contribution < -0.4 is 0 Å². The van der Waals surface area contributed by atoms with Crippen molar-refractivity contribution in [2.24, 2.45) is 0 Å². The Bertz CT molecular complexity index is 930. The molecule has 0 fully saturated rings. The molecule has 1 aromatic heterocycles. The normalized spacial score (nSPS) is 12.0. The fourth-order valence-electron chi connectivity index (χ4n) is 2.16. The van der Waals surface area contributed by atoms with Crippen LogP contribution in [-0.4, -0.2) is 12.4 Å². The molecule has 3 nitrogen and oxygen atoms in total. The molecule has 0 radical (unpaired) electrons. The van der Waals surface area contributed by atoms with Crippen LogP contribution in [0, 0.1) is 10.5 Å². The van der Waals surface area contributed by atoms with Crippen molar-refractivity contribution in [2.75, 3.05) is 0 Å². The first kappa shape index (κ1) is 14.9. The predicted molar refractivity (Wildman–Crippen MR) is 93.4 cm³/mol.